The lowest BCUT2D eigenvalue weighted by Gasteiger charge is -2.35. The van der Waals surface area contributed by atoms with Crippen molar-refractivity contribution < 1.29 is 4.79 Å². The van der Waals surface area contributed by atoms with Gasteiger partial charge in [-0.1, -0.05) is 30.3 Å². The van der Waals surface area contributed by atoms with E-state index in [-0.39, 0.29) is 5.91 Å². The summed E-state index contributed by atoms with van der Waals surface area (Å²) in [6, 6.07) is 6.02. The average Bonchev–Trinajstić information content (AvgIpc) is 3.20. The largest absolute Gasteiger partial charge is 0.348 e. The molecule has 0 saturated carbocycles. The zero-order valence-corrected chi connectivity index (χ0v) is 14.8. The Morgan fingerprint density at radius 1 is 1.29 bits per heavy atom. The highest BCUT2D eigenvalue weighted by Gasteiger charge is 2.28. The standard InChI is InChI=1S/C17H21N5OS/c1-11-3-4-14-13(9-11)15(20-19-14)16(23)21-5-7-22(8-6-21)17-18-10-12(2)24-17/h3-4,9,12H,5-8,10H2,1-2H3,(H,19,20)/t12-/m0/s1. The van der Waals surface area contributed by atoms with E-state index in [1.165, 1.54) is 0 Å². The Morgan fingerprint density at radius 3 is 2.79 bits per heavy atom. The Kier molecular flexibility index (Phi) is 3.96. The number of fused-ring (bicyclic) bond motifs is 1. The van der Waals surface area contributed by atoms with Crippen LogP contribution in [0.5, 0.6) is 0 Å². The normalized spacial score (nSPS) is 21.4. The van der Waals surface area contributed by atoms with E-state index in [2.05, 4.69) is 27.0 Å². The molecule has 1 atom stereocenters. The van der Waals surface area contributed by atoms with Gasteiger partial charge in [0.05, 0.1) is 12.1 Å². The van der Waals surface area contributed by atoms with Crippen LogP contribution in [0.3, 0.4) is 0 Å². The van der Waals surface area contributed by atoms with E-state index in [0.717, 1.165) is 41.3 Å². The number of nitrogens with zero attached hydrogens (tertiary/aromatic N) is 4. The zero-order chi connectivity index (χ0) is 16.7. The van der Waals surface area contributed by atoms with Crippen molar-refractivity contribution in [2.75, 3.05) is 32.7 Å². The van der Waals surface area contributed by atoms with Gasteiger partial charge >= 0.3 is 0 Å². The molecule has 0 bridgehead atoms. The third-order valence-electron chi connectivity index (χ3n) is 4.55. The molecule has 2 aliphatic heterocycles. The van der Waals surface area contributed by atoms with Crippen molar-refractivity contribution in [1.82, 2.24) is 20.0 Å². The summed E-state index contributed by atoms with van der Waals surface area (Å²) in [5.41, 5.74) is 2.57. The average molecular weight is 343 g/mol. The van der Waals surface area contributed by atoms with E-state index in [1.54, 1.807) is 0 Å². The lowest BCUT2D eigenvalue weighted by molar-refractivity contribution is 0.0689. The highest BCUT2D eigenvalue weighted by atomic mass is 32.2. The zero-order valence-electron chi connectivity index (χ0n) is 14.0. The number of aromatic nitrogens is 2. The van der Waals surface area contributed by atoms with E-state index in [4.69, 9.17) is 0 Å². The SMILES string of the molecule is Cc1ccc2[nH]nc(C(=O)N3CCN(C4=NC[C@H](C)S4)CC3)c2c1. The molecule has 1 aromatic carbocycles. The Hall–Kier alpha value is -2.02. The van der Waals surface area contributed by atoms with E-state index >= 15 is 0 Å². The summed E-state index contributed by atoms with van der Waals surface area (Å²) in [5, 5.41) is 9.84. The summed E-state index contributed by atoms with van der Waals surface area (Å²) in [7, 11) is 0. The molecule has 2 aromatic rings. The van der Waals surface area contributed by atoms with E-state index in [9.17, 15) is 4.79 Å². The summed E-state index contributed by atoms with van der Waals surface area (Å²) in [6.45, 7) is 8.24. The minimum Gasteiger partial charge on any atom is -0.348 e. The van der Waals surface area contributed by atoms with Gasteiger partial charge < -0.3 is 9.80 Å². The van der Waals surface area contributed by atoms with Gasteiger partial charge in [-0.25, -0.2) is 0 Å². The minimum absolute atomic E-state index is 0.0147. The molecular formula is C17H21N5OS. The molecule has 1 saturated heterocycles. The van der Waals surface area contributed by atoms with E-state index < -0.39 is 0 Å². The molecule has 1 amide bonds. The minimum atomic E-state index is 0.0147. The van der Waals surface area contributed by atoms with Gasteiger partial charge in [0, 0.05) is 36.8 Å². The number of hydrogen-bond donors (Lipinski definition) is 1. The number of carbonyl (C=O) groups is 1. The number of carbonyl (C=O) groups excluding carboxylic acids is 1. The van der Waals surface area contributed by atoms with Crippen molar-refractivity contribution in [3.8, 4) is 0 Å². The van der Waals surface area contributed by atoms with Crippen molar-refractivity contribution >= 4 is 33.7 Å². The number of nitrogens with one attached hydrogen (secondary N) is 1. The molecule has 2 aliphatic rings. The number of H-pyrrole nitrogens is 1. The van der Waals surface area contributed by atoms with Crippen LogP contribution < -0.4 is 0 Å². The van der Waals surface area contributed by atoms with Crippen molar-refractivity contribution in [3.63, 3.8) is 0 Å². The van der Waals surface area contributed by atoms with Gasteiger partial charge in [-0.3, -0.25) is 14.9 Å². The molecule has 0 aliphatic carbocycles. The van der Waals surface area contributed by atoms with E-state index in [0.29, 0.717) is 24.0 Å². The van der Waals surface area contributed by atoms with E-state index in [1.807, 2.05) is 41.8 Å². The van der Waals surface area contributed by atoms with Gasteiger partial charge in [-0.15, -0.1) is 0 Å². The van der Waals surface area contributed by atoms with Gasteiger partial charge in [0.2, 0.25) is 0 Å². The molecule has 1 N–H and O–H groups in total. The van der Waals surface area contributed by atoms with Gasteiger partial charge in [0.1, 0.15) is 0 Å². The van der Waals surface area contributed by atoms with Crippen molar-refractivity contribution in [1.29, 1.82) is 0 Å². The molecule has 0 radical (unpaired) electrons. The number of hydrogen-bond acceptors (Lipinski definition) is 5. The van der Waals surface area contributed by atoms with Gasteiger partial charge in [0.15, 0.2) is 10.9 Å². The van der Waals surface area contributed by atoms with Gasteiger partial charge in [-0.2, -0.15) is 5.10 Å². The Bertz CT molecular complexity index is 806. The second-order valence-electron chi connectivity index (χ2n) is 6.45. The number of thioether (sulfide) groups is 1. The second-order valence-corrected chi connectivity index (χ2v) is 7.86. The number of aromatic amines is 1. The summed E-state index contributed by atoms with van der Waals surface area (Å²) < 4.78 is 0. The van der Waals surface area contributed by atoms with Crippen molar-refractivity contribution in [2.24, 2.45) is 4.99 Å². The third-order valence-corrected chi connectivity index (χ3v) is 5.70. The Balaban J connectivity index is 1.47. The fourth-order valence-corrected chi connectivity index (χ4v) is 4.17. The molecule has 126 valence electrons. The van der Waals surface area contributed by atoms with Crippen LogP contribution in [0.1, 0.15) is 23.0 Å². The number of amides is 1. The maximum absolute atomic E-state index is 12.9. The fourth-order valence-electron chi connectivity index (χ4n) is 3.18. The molecule has 0 unspecified atom stereocenters. The number of rotatable bonds is 1. The maximum atomic E-state index is 12.9. The number of amidine groups is 1. The highest BCUT2D eigenvalue weighted by molar-refractivity contribution is 8.14. The smallest absolute Gasteiger partial charge is 0.275 e. The van der Waals surface area contributed by atoms with Gasteiger partial charge in [0.25, 0.3) is 5.91 Å². The Morgan fingerprint density at radius 2 is 2.08 bits per heavy atom. The molecular weight excluding hydrogens is 322 g/mol. The van der Waals surface area contributed by atoms with Crippen LogP contribution in [0.4, 0.5) is 0 Å². The fraction of sp³-hybridized carbons (Fsp3) is 0.471. The number of piperazine rings is 1. The summed E-state index contributed by atoms with van der Waals surface area (Å²) in [4.78, 5) is 21.6. The van der Waals surface area contributed by atoms with Crippen LogP contribution in [0.2, 0.25) is 0 Å². The predicted octanol–water partition coefficient (Wildman–Crippen LogP) is 2.12. The topological polar surface area (TPSA) is 64.6 Å². The van der Waals surface area contributed by atoms with Crippen LogP contribution in [0, 0.1) is 6.92 Å². The van der Waals surface area contributed by atoms with Crippen LogP contribution >= 0.6 is 11.8 Å². The second kappa shape index (κ2) is 6.12. The number of aliphatic imine (C=N–C) groups is 1. The molecule has 24 heavy (non-hydrogen) atoms. The predicted molar refractivity (Wildman–Crippen MR) is 97.7 cm³/mol. The molecule has 7 heteroatoms. The van der Waals surface area contributed by atoms with Gasteiger partial charge in [-0.05, 0) is 19.1 Å². The first-order valence-electron chi connectivity index (χ1n) is 8.32. The monoisotopic (exact) mass is 343 g/mol. The summed E-state index contributed by atoms with van der Waals surface area (Å²) in [6.07, 6.45) is 0. The summed E-state index contributed by atoms with van der Waals surface area (Å²) >= 11 is 1.84. The molecule has 4 rings (SSSR count). The molecule has 1 aromatic heterocycles. The lowest BCUT2D eigenvalue weighted by atomic mass is 10.1. The van der Waals surface area contributed by atoms with Crippen LogP contribution in [-0.2, 0) is 0 Å². The first-order chi connectivity index (χ1) is 11.6. The quantitative estimate of drug-likeness (QED) is 0.861. The number of aryl methyl sites for hydroxylation is 1. The molecule has 0 spiro atoms. The maximum Gasteiger partial charge on any atom is 0.275 e. The Labute approximate surface area is 145 Å². The highest BCUT2D eigenvalue weighted by Crippen LogP contribution is 2.24. The van der Waals surface area contributed by atoms with Crippen LogP contribution in [-0.4, -0.2) is 69.0 Å². The number of benzene rings is 1. The molecule has 1 fully saturated rings. The molecule has 3 heterocycles. The molecule has 6 nitrogen and oxygen atoms in total. The van der Waals surface area contributed by atoms with Crippen LogP contribution in [0.15, 0.2) is 23.2 Å². The summed E-state index contributed by atoms with van der Waals surface area (Å²) in [5.74, 6) is 0.0147. The van der Waals surface area contributed by atoms with Crippen molar-refractivity contribution in [2.45, 2.75) is 19.1 Å². The van der Waals surface area contributed by atoms with Crippen molar-refractivity contribution in [3.05, 3.63) is 29.5 Å². The lowest BCUT2D eigenvalue weighted by Crippen LogP contribution is -2.50. The van der Waals surface area contributed by atoms with Crippen LogP contribution in [0.25, 0.3) is 10.9 Å². The first kappa shape index (κ1) is 15.5. The third kappa shape index (κ3) is 2.77. The first-order valence-corrected chi connectivity index (χ1v) is 9.20.